The Morgan fingerprint density at radius 1 is 1.29 bits per heavy atom. The summed E-state index contributed by atoms with van der Waals surface area (Å²) in [5, 5.41) is 10.9. The van der Waals surface area contributed by atoms with Crippen molar-refractivity contribution in [3.8, 4) is 0 Å². The van der Waals surface area contributed by atoms with Crippen molar-refractivity contribution >= 4 is 31.9 Å². The van der Waals surface area contributed by atoms with Crippen LogP contribution in [0.4, 0.5) is 0 Å². The van der Waals surface area contributed by atoms with Gasteiger partial charge in [-0.15, -0.1) is 0 Å². The van der Waals surface area contributed by atoms with Crippen molar-refractivity contribution in [2.75, 3.05) is 0 Å². The predicted octanol–water partition coefficient (Wildman–Crippen LogP) is 0.686. The van der Waals surface area contributed by atoms with Gasteiger partial charge in [0.1, 0.15) is 0 Å². The van der Waals surface area contributed by atoms with E-state index in [4.69, 9.17) is 0 Å². The number of carbonyl (C=O) groups excluding carboxylic acids is 1. The molecule has 0 saturated heterocycles. The van der Waals surface area contributed by atoms with Crippen molar-refractivity contribution < 1.29 is 18.3 Å². The van der Waals surface area contributed by atoms with Crippen molar-refractivity contribution in [2.24, 2.45) is 0 Å². The number of carboxylic acid groups (broad SMARTS) is 1. The molecule has 0 aliphatic carbocycles. The van der Waals surface area contributed by atoms with Crippen LogP contribution in [-0.4, -0.2) is 19.4 Å². The fourth-order valence-electron chi connectivity index (χ4n) is 1.59. The first kappa shape index (κ1) is 15.6. The lowest BCUT2D eigenvalue weighted by Crippen LogP contribution is -2.26. The van der Waals surface area contributed by atoms with Crippen LogP contribution < -0.4 is 9.83 Å². The molecule has 0 radical (unpaired) electrons. The number of aromatic carboxylic acids is 1. The van der Waals surface area contributed by atoms with Crippen LogP contribution in [0.5, 0.6) is 0 Å². The molecule has 0 fully saturated rings. The van der Waals surface area contributed by atoms with Gasteiger partial charge in [0.2, 0.25) is 10.0 Å². The van der Waals surface area contributed by atoms with Crippen LogP contribution in [0, 0.1) is 0 Å². The number of sulfonamides is 1. The van der Waals surface area contributed by atoms with E-state index in [0.29, 0.717) is 10.2 Å². The van der Waals surface area contributed by atoms with Crippen LogP contribution in [0.1, 0.15) is 16.1 Å². The van der Waals surface area contributed by atoms with Gasteiger partial charge in [-0.3, -0.25) is 4.98 Å². The number of rotatable bonds is 5. The van der Waals surface area contributed by atoms with Gasteiger partial charge in [-0.05, 0) is 35.9 Å². The zero-order valence-corrected chi connectivity index (χ0v) is 13.0. The maximum Gasteiger partial charge on any atom is 0.240 e. The average Bonchev–Trinajstić information content (AvgIpc) is 2.45. The highest BCUT2D eigenvalue weighted by Gasteiger charge is 2.16. The third kappa shape index (κ3) is 4.10. The SMILES string of the molecule is O=C([O-])c1cc(Br)cc(S(=O)(=O)NCc2ccccn2)c1. The molecule has 1 heterocycles. The van der Waals surface area contributed by atoms with Gasteiger partial charge in [0.05, 0.1) is 23.1 Å². The largest absolute Gasteiger partial charge is 0.545 e. The van der Waals surface area contributed by atoms with Crippen LogP contribution in [0.25, 0.3) is 0 Å². The van der Waals surface area contributed by atoms with E-state index >= 15 is 0 Å². The number of carbonyl (C=O) groups is 1. The molecule has 2 aromatic rings. The Kier molecular flexibility index (Phi) is 4.71. The van der Waals surface area contributed by atoms with E-state index in [1.807, 2.05) is 0 Å². The topological polar surface area (TPSA) is 99.2 Å². The molecule has 6 nitrogen and oxygen atoms in total. The molecule has 1 N–H and O–H groups in total. The summed E-state index contributed by atoms with van der Waals surface area (Å²) in [7, 11) is -3.85. The molecule has 0 spiro atoms. The van der Waals surface area contributed by atoms with Gasteiger partial charge in [0.15, 0.2) is 0 Å². The van der Waals surface area contributed by atoms with E-state index in [2.05, 4.69) is 25.6 Å². The number of halogens is 1. The predicted molar refractivity (Wildman–Crippen MR) is 76.7 cm³/mol. The zero-order chi connectivity index (χ0) is 15.5. The minimum absolute atomic E-state index is 0.0103. The van der Waals surface area contributed by atoms with Crippen LogP contribution in [0.15, 0.2) is 52.0 Å². The molecule has 0 bridgehead atoms. The Hall–Kier alpha value is -1.77. The lowest BCUT2D eigenvalue weighted by Gasteiger charge is -2.10. The van der Waals surface area contributed by atoms with Gasteiger partial charge in [0, 0.05) is 10.7 Å². The van der Waals surface area contributed by atoms with Gasteiger partial charge in [-0.25, -0.2) is 13.1 Å². The molecule has 0 atom stereocenters. The van der Waals surface area contributed by atoms with Crippen LogP contribution >= 0.6 is 15.9 Å². The molecular weight excluding hydrogens is 360 g/mol. The Labute approximate surface area is 130 Å². The second kappa shape index (κ2) is 6.33. The average molecular weight is 370 g/mol. The third-order valence-electron chi connectivity index (χ3n) is 2.59. The standard InChI is InChI=1S/C13H11BrN2O4S/c14-10-5-9(13(17)18)6-12(7-10)21(19,20)16-8-11-3-1-2-4-15-11/h1-7,16H,8H2,(H,17,18)/p-1. The summed E-state index contributed by atoms with van der Waals surface area (Å²) in [4.78, 5) is 14.7. The molecule has 0 aliphatic heterocycles. The summed E-state index contributed by atoms with van der Waals surface area (Å²) in [5.74, 6) is -1.45. The number of carboxylic acids is 1. The second-order valence-corrected chi connectivity index (χ2v) is 6.79. The van der Waals surface area contributed by atoms with Crippen molar-refractivity contribution in [3.05, 3.63) is 58.3 Å². The van der Waals surface area contributed by atoms with Gasteiger partial charge in [0.25, 0.3) is 0 Å². The number of aromatic nitrogens is 1. The maximum absolute atomic E-state index is 12.2. The number of pyridine rings is 1. The van der Waals surface area contributed by atoms with Crippen molar-refractivity contribution in [3.63, 3.8) is 0 Å². The maximum atomic E-state index is 12.2. The molecular formula is C13H10BrN2O4S-. The van der Waals surface area contributed by atoms with E-state index in [0.717, 1.165) is 6.07 Å². The highest BCUT2D eigenvalue weighted by Crippen LogP contribution is 2.19. The number of nitrogens with zero attached hydrogens (tertiary/aromatic N) is 1. The van der Waals surface area contributed by atoms with Gasteiger partial charge < -0.3 is 9.90 Å². The fraction of sp³-hybridized carbons (Fsp3) is 0.0769. The third-order valence-corrected chi connectivity index (χ3v) is 4.43. The first-order valence-corrected chi connectivity index (χ1v) is 8.07. The van der Waals surface area contributed by atoms with Gasteiger partial charge in [-0.2, -0.15) is 0 Å². The van der Waals surface area contributed by atoms with Crippen LogP contribution in [0.2, 0.25) is 0 Å². The molecule has 21 heavy (non-hydrogen) atoms. The summed E-state index contributed by atoms with van der Waals surface area (Å²) in [6.45, 7) is 0.0103. The molecule has 0 unspecified atom stereocenters. The van der Waals surface area contributed by atoms with E-state index in [1.54, 1.807) is 24.4 Å². The van der Waals surface area contributed by atoms with Crippen LogP contribution in [0.3, 0.4) is 0 Å². The Bertz CT molecular complexity index is 763. The first-order valence-electron chi connectivity index (χ1n) is 5.80. The highest BCUT2D eigenvalue weighted by atomic mass is 79.9. The van der Waals surface area contributed by atoms with E-state index in [9.17, 15) is 18.3 Å². The lowest BCUT2D eigenvalue weighted by molar-refractivity contribution is -0.255. The first-order chi connectivity index (χ1) is 9.88. The fourth-order valence-corrected chi connectivity index (χ4v) is 3.30. The summed E-state index contributed by atoms with van der Waals surface area (Å²) in [5.41, 5.74) is 0.332. The van der Waals surface area contributed by atoms with Crippen molar-refractivity contribution in [1.29, 1.82) is 0 Å². The molecule has 110 valence electrons. The van der Waals surface area contributed by atoms with Crippen LogP contribution in [-0.2, 0) is 16.6 Å². The van der Waals surface area contributed by atoms with E-state index in [1.165, 1.54) is 12.1 Å². The Balaban J connectivity index is 2.25. The second-order valence-electron chi connectivity index (χ2n) is 4.11. The van der Waals surface area contributed by atoms with Crippen molar-refractivity contribution in [2.45, 2.75) is 11.4 Å². The van der Waals surface area contributed by atoms with E-state index in [-0.39, 0.29) is 17.0 Å². The summed E-state index contributed by atoms with van der Waals surface area (Å²) < 4.78 is 27.0. The molecule has 1 aromatic carbocycles. The number of benzene rings is 1. The summed E-state index contributed by atoms with van der Waals surface area (Å²) in [6, 6.07) is 8.76. The number of hydrogen-bond donors (Lipinski definition) is 1. The number of hydrogen-bond acceptors (Lipinski definition) is 5. The quantitative estimate of drug-likeness (QED) is 0.835. The molecule has 8 heteroatoms. The minimum atomic E-state index is -3.85. The Morgan fingerprint density at radius 3 is 2.67 bits per heavy atom. The molecule has 0 saturated carbocycles. The van der Waals surface area contributed by atoms with E-state index < -0.39 is 16.0 Å². The number of nitrogens with one attached hydrogen (secondary N) is 1. The molecule has 1 aromatic heterocycles. The normalized spacial score (nSPS) is 11.3. The zero-order valence-electron chi connectivity index (χ0n) is 10.6. The molecule has 0 aliphatic rings. The smallest absolute Gasteiger partial charge is 0.240 e. The summed E-state index contributed by atoms with van der Waals surface area (Å²) in [6.07, 6.45) is 1.55. The summed E-state index contributed by atoms with van der Waals surface area (Å²) >= 11 is 3.07. The molecule has 0 amide bonds. The monoisotopic (exact) mass is 369 g/mol. The highest BCUT2D eigenvalue weighted by molar-refractivity contribution is 9.10. The van der Waals surface area contributed by atoms with Gasteiger partial charge >= 0.3 is 0 Å². The Morgan fingerprint density at radius 2 is 2.05 bits per heavy atom. The minimum Gasteiger partial charge on any atom is -0.545 e. The van der Waals surface area contributed by atoms with Crippen molar-refractivity contribution in [1.82, 2.24) is 9.71 Å². The van der Waals surface area contributed by atoms with Gasteiger partial charge in [-0.1, -0.05) is 22.0 Å². The molecule has 2 rings (SSSR count). The lowest BCUT2D eigenvalue weighted by atomic mass is 10.2.